The van der Waals surface area contributed by atoms with E-state index >= 15 is 0 Å². The molecular weight excluding hydrogens is 351 g/mol. The van der Waals surface area contributed by atoms with Crippen LogP contribution in [0.15, 0.2) is 24.3 Å². The highest BCUT2D eigenvalue weighted by Gasteiger charge is 2.22. The predicted molar refractivity (Wildman–Crippen MR) is 102 cm³/mol. The number of carbonyl (C=O) groups excluding carboxylic acids is 2. The van der Waals surface area contributed by atoms with Crippen molar-refractivity contribution in [3.05, 3.63) is 30.1 Å². The van der Waals surface area contributed by atoms with Gasteiger partial charge in [0.1, 0.15) is 23.7 Å². The van der Waals surface area contributed by atoms with E-state index in [1.807, 2.05) is 19.0 Å². The van der Waals surface area contributed by atoms with Crippen molar-refractivity contribution in [2.75, 3.05) is 40.3 Å². The van der Waals surface area contributed by atoms with E-state index in [4.69, 9.17) is 9.47 Å². The molecule has 1 rings (SSSR count). The Hall–Kier alpha value is -2.15. The summed E-state index contributed by atoms with van der Waals surface area (Å²) in [5.74, 6) is -0.493. The minimum atomic E-state index is -0.591. The Kier molecular flexibility index (Phi) is 9.21. The van der Waals surface area contributed by atoms with Crippen LogP contribution in [0.4, 0.5) is 4.39 Å². The average molecular weight is 382 g/mol. The molecule has 0 atom stereocenters. The van der Waals surface area contributed by atoms with Gasteiger partial charge in [-0.2, -0.15) is 0 Å². The number of ether oxygens (including phenoxy) is 2. The molecule has 0 aliphatic carbocycles. The molecule has 6 nitrogen and oxygen atoms in total. The normalized spacial score (nSPS) is 11.4. The quantitative estimate of drug-likeness (QED) is 0.460. The van der Waals surface area contributed by atoms with Gasteiger partial charge in [-0.1, -0.05) is 6.07 Å². The van der Waals surface area contributed by atoms with Crippen LogP contribution in [0, 0.1) is 5.82 Å². The predicted octanol–water partition coefficient (Wildman–Crippen LogP) is 2.72. The fourth-order valence-electron chi connectivity index (χ4n) is 2.27. The number of esters is 1. The van der Waals surface area contributed by atoms with Gasteiger partial charge < -0.3 is 19.3 Å². The third kappa shape index (κ3) is 10.6. The van der Waals surface area contributed by atoms with Crippen LogP contribution in [0.5, 0.6) is 5.75 Å². The van der Waals surface area contributed by atoms with Crippen LogP contribution in [-0.4, -0.2) is 67.6 Å². The van der Waals surface area contributed by atoms with Gasteiger partial charge >= 0.3 is 5.97 Å². The number of carbonyl (C=O) groups is 2. The van der Waals surface area contributed by atoms with E-state index in [1.54, 1.807) is 32.9 Å². The van der Waals surface area contributed by atoms with E-state index in [-0.39, 0.29) is 24.7 Å². The smallest absolute Gasteiger partial charge is 0.326 e. The summed E-state index contributed by atoms with van der Waals surface area (Å²) >= 11 is 0. The first-order valence-electron chi connectivity index (χ1n) is 9.09. The standard InChI is InChI=1S/C20H31FN2O4/c1-20(2,3)27-19(25)15-23(12-11-22(4)5)18(24)10-7-13-26-17-9-6-8-16(21)14-17/h6,8-9,14H,7,10-13,15H2,1-5H3. The van der Waals surface area contributed by atoms with Crippen molar-refractivity contribution >= 4 is 11.9 Å². The molecule has 0 saturated carbocycles. The van der Waals surface area contributed by atoms with Crippen molar-refractivity contribution in [2.45, 2.75) is 39.2 Å². The monoisotopic (exact) mass is 382 g/mol. The zero-order valence-corrected chi connectivity index (χ0v) is 17.0. The van der Waals surface area contributed by atoms with Crippen LogP contribution in [-0.2, 0) is 14.3 Å². The van der Waals surface area contributed by atoms with Gasteiger partial charge in [-0.15, -0.1) is 0 Å². The first-order valence-corrected chi connectivity index (χ1v) is 9.09. The van der Waals surface area contributed by atoms with E-state index in [0.29, 0.717) is 31.9 Å². The van der Waals surface area contributed by atoms with Crippen molar-refractivity contribution in [3.63, 3.8) is 0 Å². The van der Waals surface area contributed by atoms with Gasteiger partial charge in [0.2, 0.25) is 5.91 Å². The highest BCUT2D eigenvalue weighted by atomic mass is 19.1. The molecule has 0 radical (unpaired) electrons. The molecular formula is C20H31FN2O4. The maximum atomic E-state index is 13.1. The van der Waals surface area contributed by atoms with E-state index < -0.39 is 11.6 Å². The van der Waals surface area contributed by atoms with Crippen LogP contribution in [0.25, 0.3) is 0 Å². The van der Waals surface area contributed by atoms with Crippen LogP contribution in [0.1, 0.15) is 33.6 Å². The van der Waals surface area contributed by atoms with Crippen LogP contribution < -0.4 is 4.74 Å². The van der Waals surface area contributed by atoms with Gasteiger partial charge in [0.15, 0.2) is 0 Å². The Labute approximate surface area is 161 Å². The van der Waals surface area contributed by atoms with Gasteiger partial charge in [-0.05, 0) is 53.4 Å². The second-order valence-electron chi connectivity index (χ2n) is 7.61. The van der Waals surface area contributed by atoms with Crippen LogP contribution >= 0.6 is 0 Å². The summed E-state index contributed by atoms with van der Waals surface area (Å²) in [6.07, 6.45) is 0.716. The van der Waals surface area contributed by atoms with E-state index in [0.717, 1.165) is 0 Å². The molecule has 0 saturated heterocycles. The summed E-state index contributed by atoms with van der Waals surface area (Å²) in [6, 6.07) is 5.87. The summed E-state index contributed by atoms with van der Waals surface area (Å²) in [4.78, 5) is 28.0. The molecule has 0 bridgehead atoms. The lowest BCUT2D eigenvalue weighted by atomic mass is 10.2. The van der Waals surface area contributed by atoms with Gasteiger partial charge in [0, 0.05) is 25.6 Å². The molecule has 0 aromatic heterocycles. The first-order chi connectivity index (χ1) is 12.6. The van der Waals surface area contributed by atoms with E-state index in [1.165, 1.54) is 17.0 Å². The molecule has 1 amide bonds. The molecule has 1 aromatic carbocycles. The Morgan fingerprint density at radius 3 is 2.44 bits per heavy atom. The molecule has 0 spiro atoms. The van der Waals surface area contributed by atoms with Crippen LogP contribution in [0.3, 0.4) is 0 Å². The maximum absolute atomic E-state index is 13.1. The molecule has 0 unspecified atom stereocenters. The number of halogens is 1. The van der Waals surface area contributed by atoms with Crippen molar-refractivity contribution in [3.8, 4) is 5.75 Å². The van der Waals surface area contributed by atoms with Gasteiger partial charge in [-0.3, -0.25) is 9.59 Å². The van der Waals surface area contributed by atoms with Crippen molar-refractivity contribution in [2.24, 2.45) is 0 Å². The summed E-state index contributed by atoms with van der Waals surface area (Å²) in [6.45, 7) is 6.68. The Bertz CT molecular complexity index is 614. The van der Waals surface area contributed by atoms with Gasteiger partial charge in [-0.25, -0.2) is 4.39 Å². The van der Waals surface area contributed by atoms with Crippen molar-refractivity contribution in [1.29, 1.82) is 0 Å². The highest BCUT2D eigenvalue weighted by molar-refractivity contribution is 5.82. The number of rotatable bonds is 10. The number of nitrogens with zero attached hydrogens (tertiary/aromatic N) is 2. The molecule has 27 heavy (non-hydrogen) atoms. The molecule has 7 heteroatoms. The minimum Gasteiger partial charge on any atom is -0.493 e. The number of likely N-dealkylation sites (N-methyl/N-ethyl adjacent to an activating group) is 1. The Balaban J connectivity index is 2.50. The number of benzene rings is 1. The maximum Gasteiger partial charge on any atom is 0.326 e. The summed E-state index contributed by atoms with van der Waals surface area (Å²) < 4.78 is 23.9. The third-order valence-electron chi connectivity index (χ3n) is 3.51. The lowest BCUT2D eigenvalue weighted by Gasteiger charge is -2.26. The molecule has 0 fully saturated rings. The van der Waals surface area contributed by atoms with Crippen molar-refractivity contribution < 1.29 is 23.5 Å². The van der Waals surface area contributed by atoms with Gasteiger partial charge in [0.25, 0.3) is 0 Å². The Morgan fingerprint density at radius 2 is 1.85 bits per heavy atom. The van der Waals surface area contributed by atoms with Crippen LogP contribution in [0.2, 0.25) is 0 Å². The molecule has 0 aliphatic rings. The fourth-order valence-corrected chi connectivity index (χ4v) is 2.27. The molecule has 0 N–H and O–H groups in total. The highest BCUT2D eigenvalue weighted by Crippen LogP contribution is 2.13. The van der Waals surface area contributed by atoms with Gasteiger partial charge in [0.05, 0.1) is 6.61 Å². The number of amides is 1. The zero-order valence-electron chi connectivity index (χ0n) is 17.0. The Morgan fingerprint density at radius 1 is 1.15 bits per heavy atom. The summed E-state index contributed by atoms with van der Waals surface area (Å²) in [5, 5.41) is 0. The SMILES string of the molecule is CN(C)CCN(CC(=O)OC(C)(C)C)C(=O)CCCOc1cccc(F)c1. The molecule has 1 aromatic rings. The summed E-state index contributed by atoms with van der Waals surface area (Å²) in [5.41, 5.74) is -0.591. The number of hydrogen-bond donors (Lipinski definition) is 0. The zero-order chi connectivity index (χ0) is 20.4. The van der Waals surface area contributed by atoms with Crippen molar-refractivity contribution in [1.82, 2.24) is 9.80 Å². The molecule has 0 heterocycles. The lowest BCUT2D eigenvalue weighted by Crippen LogP contribution is -2.42. The van der Waals surface area contributed by atoms with E-state index in [2.05, 4.69) is 0 Å². The average Bonchev–Trinajstić information content (AvgIpc) is 2.53. The fraction of sp³-hybridized carbons (Fsp3) is 0.600. The topological polar surface area (TPSA) is 59.1 Å². The third-order valence-corrected chi connectivity index (χ3v) is 3.51. The lowest BCUT2D eigenvalue weighted by molar-refractivity contribution is -0.159. The largest absolute Gasteiger partial charge is 0.493 e. The number of hydrogen-bond acceptors (Lipinski definition) is 5. The second kappa shape index (κ2) is 10.9. The first kappa shape index (κ1) is 22.9. The van der Waals surface area contributed by atoms with E-state index in [9.17, 15) is 14.0 Å². The minimum absolute atomic E-state index is 0.0747. The second-order valence-corrected chi connectivity index (χ2v) is 7.61. The summed E-state index contributed by atoms with van der Waals surface area (Å²) in [7, 11) is 3.81. The molecule has 0 aliphatic heterocycles. The molecule has 152 valence electrons.